The molecule has 1 amide bonds. The van der Waals surface area contributed by atoms with E-state index < -0.39 is 10.8 Å². The van der Waals surface area contributed by atoms with Crippen molar-refractivity contribution in [3.63, 3.8) is 0 Å². The molecule has 6 heteroatoms. The number of piperidine rings is 1. The summed E-state index contributed by atoms with van der Waals surface area (Å²) >= 11 is 0. The third-order valence-corrected chi connectivity index (χ3v) is 6.18. The zero-order valence-corrected chi connectivity index (χ0v) is 15.5. The van der Waals surface area contributed by atoms with Crippen molar-refractivity contribution in [2.45, 2.75) is 49.9 Å². The maximum atomic E-state index is 12.1. The van der Waals surface area contributed by atoms with E-state index in [1.807, 2.05) is 30.3 Å². The lowest BCUT2D eigenvalue weighted by molar-refractivity contribution is -0.122. The lowest BCUT2D eigenvalue weighted by atomic mass is 9.89. The molecule has 0 aromatic heterocycles. The molecule has 2 N–H and O–H groups in total. The van der Waals surface area contributed by atoms with Crippen molar-refractivity contribution in [1.29, 1.82) is 0 Å². The Morgan fingerprint density at radius 1 is 1.17 bits per heavy atom. The van der Waals surface area contributed by atoms with E-state index in [2.05, 4.69) is 10.6 Å². The molecule has 2 aliphatic heterocycles. The Balaban J connectivity index is 0.00000208. The number of halogens is 1. The maximum Gasteiger partial charge on any atom is 0.220 e. The van der Waals surface area contributed by atoms with E-state index in [0.29, 0.717) is 42.5 Å². The predicted octanol–water partition coefficient (Wildman–Crippen LogP) is 2.39. The summed E-state index contributed by atoms with van der Waals surface area (Å²) in [6, 6.07) is 11.1. The Morgan fingerprint density at radius 3 is 2.50 bits per heavy atom. The third-order valence-electron chi connectivity index (χ3n) is 4.87. The normalized spacial score (nSPS) is 26.4. The van der Waals surface area contributed by atoms with Crippen LogP contribution in [-0.2, 0) is 21.3 Å². The highest BCUT2D eigenvalue weighted by Crippen LogP contribution is 2.32. The molecule has 24 heavy (non-hydrogen) atoms. The van der Waals surface area contributed by atoms with Gasteiger partial charge in [0.2, 0.25) is 5.91 Å². The van der Waals surface area contributed by atoms with Crippen molar-refractivity contribution < 1.29 is 9.00 Å². The maximum absolute atomic E-state index is 12.1. The molecule has 2 fully saturated rings. The fraction of sp³-hybridized carbons (Fsp3) is 0.611. The molecule has 0 saturated carbocycles. The van der Waals surface area contributed by atoms with Crippen molar-refractivity contribution >= 4 is 29.1 Å². The van der Waals surface area contributed by atoms with Gasteiger partial charge in [0.05, 0.1) is 0 Å². The van der Waals surface area contributed by atoms with Crippen LogP contribution in [0.4, 0.5) is 0 Å². The summed E-state index contributed by atoms with van der Waals surface area (Å²) in [6.45, 7) is 0.510. The van der Waals surface area contributed by atoms with Gasteiger partial charge in [0.1, 0.15) is 0 Å². The molecule has 2 bridgehead atoms. The van der Waals surface area contributed by atoms with E-state index in [1.54, 1.807) is 0 Å². The summed E-state index contributed by atoms with van der Waals surface area (Å²) < 4.78 is 12.0. The van der Waals surface area contributed by atoms with Crippen LogP contribution in [-0.4, -0.2) is 34.5 Å². The zero-order valence-electron chi connectivity index (χ0n) is 13.9. The van der Waals surface area contributed by atoms with Crippen LogP contribution >= 0.6 is 12.4 Å². The minimum absolute atomic E-state index is 0. The molecule has 3 atom stereocenters. The second kappa shape index (κ2) is 9.54. The number of benzene rings is 1. The molecule has 1 aromatic carbocycles. The van der Waals surface area contributed by atoms with Crippen molar-refractivity contribution in [1.82, 2.24) is 10.6 Å². The lowest BCUT2D eigenvalue weighted by Crippen LogP contribution is -2.40. The molecular weight excluding hydrogens is 344 g/mol. The molecule has 134 valence electrons. The fourth-order valence-corrected chi connectivity index (χ4v) is 4.85. The molecule has 3 rings (SSSR count). The molecule has 2 heterocycles. The monoisotopic (exact) mass is 370 g/mol. The number of hydrogen-bond donors (Lipinski definition) is 2. The highest BCUT2D eigenvalue weighted by molar-refractivity contribution is 7.84. The van der Waals surface area contributed by atoms with Crippen LogP contribution in [0.2, 0.25) is 0 Å². The Morgan fingerprint density at radius 2 is 1.83 bits per heavy atom. The second-order valence-electron chi connectivity index (χ2n) is 6.80. The summed E-state index contributed by atoms with van der Waals surface area (Å²) in [5.41, 5.74) is 1.09. The van der Waals surface area contributed by atoms with Gasteiger partial charge in [-0.05, 0) is 37.2 Å². The molecule has 0 spiro atoms. The standard InChI is InChI=1S/C18H26N2O2S.ClH/c21-18(12-15-10-16-6-7-17(11-15)20-16)19-8-9-23(22)13-14-4-2-1-3-5-14;/h1-5,15-17,20H,6-13H2,(H,19,21);1H. The highest BCUT2D eigenvalue weighted by Gasteiger charge is 2.34. The van der Waals surface area contributed by atoms with Gasteiger partial charge in [-0.15, -0.1) is 12.4 Å². The molecule has 0 aliphatic carbocycles. The first-order chi connectivity index (χ1) is 11.2. The zero-order chi connectivity index (χ0) is 16.1. The van der Waals surface area contributed by atoms with Gasteiger partial charge in [-0.3, -0.25) is 9.00 Å². The van der Waals surface area contributed by atoms with E-state index in [9.17, 15) is 9.00 Å². The number of carbonyl (C=O) groups excluding carboxylic acids is 1. The van der Waals surface area contributed by atoms with Gasteiger partial charge in [0, 0.05) is 47.4 Å². The largest absolute Gasteiger partial charge is 0.355 e. The number of amides is 1. The smallest absolute Gasteiger partial charge is 0.220 e. The summed E-state index contributed by atoms with van der Waals surface area (Å²) in [5, 5.41) is 6.55. The van der Waals surface area contributed by atoms with E-state index >= 15 is 0 Å². The number of fused-ring (bicyclic) bond motifs is 2. The van der Waals surface area contributed by atoms with E-state index in [0.717, 1.165) is 18.4 Å². The quantitative estimate of drug-likeness (QED) is 0.774. The SMILES string of the molecule is Cl.O=C(CC1CC2CCC(C1)N2)NCCS(=O)Cc1ccccc1. The van der Waals surface area contributed by atoms with Crippen molar-refractivity contribution in [2.75, 3.05) is 12.3 Å². The van der Waals surface area contributed by atoms with Crippen molar-refractivity contribution in [3.05, 3.63) is 35.9 Å². The fourth-order valence-electron chi connectivity index (χ4n) is 3.81. The van der Waals surface area contributed by atoms with Gasteiger partial charge >= 0.3 is 0 Å². The van der Waals surface area contributed by atoms with Crippen LogP contribution in [0.1, 0.15) is 37.7 Å². The summed E-state index contributed by atoms with van der Waals surface area (Å²) in [7, 11) is -0.920. The highest BCUT2D eigenvalue weighted by atomic mass is 35.5. The summed E-state index contributed by atoms with van der Waals surface area (Å²) in [5.74, 6) is 1.73. The van der Waals surface area contributed by atoms with E-state index in [1.165, 1.54) is 12.8 Å². The number of hydrogen-bond acceptors (Lipinski definition) is 3. The molecule has 2 aliphatic rings. The van der Waals surface area contributed by atoms with Crippen molar-refractivity contribution in [3.8, 4) is 0 Å². The first-order valence-electron chi connectivity index (χ1n) is 8.60. The third kappa shape index (κ3) is 5.87. The molecule has 3 unspecified atom stereocenters. The summed E-state index contributed by atoms with van der Waals surface area (Å²) in [6.07, 6.45) is 5.41. The number of nitrogens with one attached hydrogen (secondary N) is 2. The van der Waals surface area contributed by atoms with Crippen LogP contribution < -0.4 is 10.6 Å². The Kier molecular flexibility index (Phi) is 7.72. The van der Waals surface area contributed by atoms with Crippen molar-refractivity contribution in [2.24, 2.45) is 5.92 Å². The lowest BCUT2D eigenvalue weighted by Gasteiger charge is -2.28. The number of rotatable bonds is 7. The predicted molar refractivity (Wildman–Crippen MR) is 101 cm³/mol. The first kappa shape index (κ1) is 19.4. The van der Waals surface area contributed by atoms with Crippen LogP contribution in [0.3, 0.4) is 0 Å². The number of carbonyl (C=O) groups is 1. The average Bonchev–Trinajstić information content (AvgIpc) is 2.87. The van der Waals surface area contributed by atoms with Gasteiger partial charge in [-0.1, -0.05) is 30.3 Å². The summed E-state index contributed by atoms with van der Waals surface area (Å²) in [4.78, 5) is 12.1. The topological polar surface area (TPSA) is 58.2 Å². The minimum Gasteiger partial charge on any atom is -0.355 e. The Hall–Kier alpha value is -0.910. The van der Waals surface area contributed by atoms with Crippen LogP contribution in [0.25, 0.3) is 0 Å². The molecular formula is C18H27ClN2O2S. The average molecular weight is 371 g/mol. The van der Waals surface area contributed by atoms with E-state index in [-0.39, 0.29) is 18.3 Å². The van der Waals surface area contributed by atoms with Gasteiger partial charge in [0.15, 0.2) is 0 Å². The van der Waals surface area contributed by atoms with E-state index in [4.69, 9.17) is 0 Å². The molecule has 2 saturated heterocycles. The molecule has 4 nitrogen and oxygen atoms in total. The van der Waals surface area contributed by atoms with Crippen LogP contribution in [0, 0.1) is 5.92 Å². The van der Waals surface area contributed by atoms with Crippen LogP contribution in [0.15, 0.2) is 30.3 Å². The molecule has 0 radical (unpaired) electrons. The van der Waals surface area contributed by atoms with Crippen LogP contribution in [0.5, 0.6) is 0 Å². The van der Waals surface area contributed by atoms with Gasteiger partial charge < -0.3 is 10.6 Å². The van der Waals surface area contributed by atoms with Gasteiger partial charge in [-0.2, -0.15) is 0 Å². The Bertz CT molecular complexity index is 543. The van der Waals surface area contributed by atoms with Gasteiger partial charge in [0.25, 0.3) is 0 Å². The first-order valence-corrected chi connectivity index (χ1v) is 10.1. The second-order valence-corrected chi connectivity index (χ2v) is 8.38. The minimum atomic E-state index is -0.920. The Labute approximate surface area is 153 Å². The molecule has 1 aromatic rings. The van der Waals surface area contributed by atoms with Gasteiger partial charge in [-0.25, -0.2) is 0 Å².